The van der Waals surface area contributed by atoms with Gasteiger partial charge in [0, 0.05) is 28.9 Å². The predicted octanol–water partition coefficient (Wildman–Crippen LogP) is 3.50. The van der Waals surface area contributed by atoms with Crippen molar-refractivity contribution in [2.24, 2.45) is 0 Å². The van der Waals surface area contributed by atoms with Gasteiger partial charge in [-0.15, -0.1) is 0 Å². The van der Waals surface area contributed by atoms with E-state index in [2.05, 4.69) is 20.4 Å². The lowest BCUT2D eigenvalue weighted by Crippen LogP contribution is -2.27. The van der Waals surface area contributed by atoms with E-state index >= 15 is 0 Å². The van der Waals surface area contributed by atoms with E-state index in [9.17, 15) is 4.79 Å². The first kappa shape index (κ1) is 15.5. The van der Waals surface area contributed by atoms with Crippen molar-refractivity contribution in [3.8, 4) is 11.5 Å². The summed E-state index contributed by atoms with van der Waals surface area (Å²) in [6.07, 6.45) is 4.15. The van der Waals surface area contributed by atoms with Gasteiger partial charge in [0.15, 0.2) is 5.82 Å². The molecule has 1 aliphatic rings. The third-order valence-corrected chi connectivity index (χ3v) is 4.24. The molecule has 1 amide bonds. The van der Waals surface area contributed by atoms with Gasteiger partial charge in [0.25, 0.3) is 11.8 Å². The Morgan fingerprint density at radius 3 is 2.80 bits per heavy atom. The molecule has 1 atom stereocenters. The molecule has 1 N–H and O–H groups in total. The highest BCUT2D eigenvalue weighted by Gasteiger charge is 2.25. The number of rotatable bonds is 5. The summed E-state index contributed by atoms with van der Waals surface area (Å²) >= 11 is 0. The molecule has 4 rings (SSSR count). The number of benzene rings is 1. The maximum Gasteiger partial charge on any atom is 0.258 e. The summed E-state index contributed by atoms with van der Waals surface area (Å²) in [5.74, 6) is 1.29. The lowest BCUT2D eigenvalue weighted by atomic mass is 10.2. The number of amides is 1. The first-order valence-corrected chi connectivity index (χ1v) is 8.36. The van der Waals surface area contributed by atoms with Gasteiger partial charge in [-0.3, -0.25) is 9.78 Å². The molecular weight excluding hydrogens is 316 g/mol. The monoisotopic (exact) mass is 334 g/mol. The van der Waals surface area contributed by atoms with Gasteiger partial charge in [-0.2, -0.15) is 4.98 Å². The highest BCUT2D eigenvalue weighted by molar-refractivity contribution is 5.94. The number of aromatic nitrogens is 3. The van der Waals surface area contributed by atoms with Crippen LogP contribution in [0.1, 0.15) is 53.6 Å². The second-order valence-electron chi connectivity index (χ2n) is 6.26. The maximum absolute atomic E-state index is 12.2. The van der Waals surface area contributed by atoms with Crippen LogP contribution in [0.3, 0.4) is 0 Å². The molecule has 0 bridgehead atoms. The van der Waals surface area contributed by atoms with Crippen LogP contribution in [0, 0.1) is 0 Å². The van der Waals surface area contributed by atoms with E-state index in [1.165, 1.54) is 12.8 Å². The van der Waals surface area contributed by atoms with E-state index in [0.29, 0.717) is 23.2 Å². The molecule has 6 nitrogen and oxygen atoms in total. The molecule has 2 aromatic heterocycles. The Bertz CT molecular complexity index is 887. The van der Waals surface area contributed by atoms with E-state index in [0.717, 1.165) is 11.3 Å². The third-order valence-electron chi connectivity index (χ3n) is 4.24. The number of nitrogens with zero attached hydrogens (tertiary/aromatic N) is 3. The second kappa shape index (κ2) is 6.47. The summed E-state index contributed by atoms with van der Waals surface area (Å²) in [6, 6.07) is 12.6. The van der Waals surface area contributed by atoms with E-state index in [4.69, 9.17) is 4.52 Å². The maximum atomic E-state index is 12.2. The minimum Gasteiger partial charge on any atom is -0.342 e. The highest BCUT2D eigenvalue weighted by atomic mass is 16.5. The number of carbonyl (C=O) groups excluding carboxylic acids is 1. The summed E-state index contributed by atoms with van der Waals surface area (Å²) in [5, 5.41) is 6.89. The Hall–Kier alpha value is -3.02. The van der Waals surface area contributed by atoms with Crippen molar-refractivity contribution in [3.05, 3.63) is 65.7 Å². The molecule has 0 aliphatic heterocycles. The molecule has 2 heterocycles. The lowest BCUT2D eigenvalue weighted by molar-refractivity contribution is 0.0938. The van der Waals surface area contributed by atoms with Gasteiger partial charge >= 0.3 is 0 Å². The van der Waals surface area contributed by atoms with Crippen molar-refractivity contribution in [1.82, 2.24) is 20.4 Å². The summed E-state index contributed by atoms with van der Waals surface area (Å²) in [6.45, 7) is 1.83. The molecule has 1 fully saturated rings. The molecule has 6 heteroatoms. The number of hydrogen-bond acceptors (Lipinski definition) is 5. The van der Waals surface area contributed by atoms with E-state index in [1.54, 1.807) is 18.3 Å². The summed E-state index contributed by atoms with van der Waals surface area (Å²) < 4.78 is 5.37. The summed E-state index contributed by atoms with van der Waals surface area (Å²) in [4.78, 5) is 21.0. The lowest BCUT2D eigenvalue weighted by Gasteiger charge is -2.09. The molecule has 0 radical (unpaired) electrons. The largest absolute Gasteiger partial charge is 0.342 e. The van der Waals surface area contributed by atoms with Gasteiger partial charge < -0.3 is 9.84 Å². The van der Waals surface area contributed by atoms with Crippen LogP contribution in [-0.4, -0.2) is 21.0 Å². The van der Waals surface area contributed by atoms with Crippen LogP contribution in [0.25, 0.3) is 11.5 Å². The van der Waals surface area contributed by atoms with Crippen LogP contribution < -0.4 is 5.32 Å². The summed E-state index contributed by atoms with van der Waals surface area (Å²) in [7, 11) is 0. The van der Waals surface area contributed by atoms with Gasteiger partial charge in [-0.25, -0.2) is 0 Å². The molecule has 1 aliphatic carbocycles. The molecule has 3 aromatic rings. The molecule has 25 heavy (non-hydrogen) atoms. The standard InChI is InChI=1S/C19H18N4O2/c1-12(21-18(24)14-5-3-2-4-6-14)17-22-19(25-23-17)15-9-10-20-16(11-15)13-7-8-13/h2-6,9-13H,7-8H2,1H3,(H,21,24)/t12-/m0/s1. The van der Waals surface area contributed by atoms with Gasteiger partial charge in [0.1, 0.15) is 0 Å². The molecule has 0 saturated heterocycles. The fourth-order valence-electron chi connectivity index (χ4n) is 2.65. The third kappa shape index (κ3) is 3.42. The average molecular weight is 334 g/mol. The van der Waals surface area contributed by atoms with Crippen LogP contribution >= 0.6 is 0 Å². The Kier molecular flexibility index (Phi) is 4.01. The van der Waals surface area contributed by atoms with Crippen molar-refractivity contribution in [1.29, 1.82) is 0 Å². The van der Waals surface area contributed by atoms with Crippen molar-refractivity contribution < 1.29 is 9.32 Å². The predicted molar refractivity (Wildman–Crippen MR) is 91.8 cm³/mol. The van der Waals surface area contributed by atoms with E-state index in [-0.39, 0.29) is 11.9 Å². The Morgan fingerprint density at radius 1 is 1.24 bits per heavy atom. The topological polar surface area (TPSA) is 80.9 Å². The number of carbonyl (C=O) groups is 1. The molecular formula is C19H18N4O2. The SMILES string of the molecule is C[C@H](NC(=O)c1ccccc1)c1noc(-c2ccnc(C3CC3)c2)n1. The highest BCUT2D eigenvalue weighted by Crippen LogP contribution is 2.39. The van der Waals surface area contributed by atoms with Gasteiger partial charge in [0.2, 0.25) is 0 Å². The molecule has 1 aromatic carbocycles. The van der Waals surface area contributed by atoms with Crippen molar-refractivity contribution in [2.45, 2.75) is 31.7 Å². The Morgan fingerprint density at radius 2 is 2.04 bits per heavy atom. The Labute approximate surface area is 145 Å². The minimum atomic E-state index is -0.352. The number of pyridine rings is 1. The molecule has 0 unspecified atom stereocenters. The summed E-state index contributed by atoms with van der Waals surface area (Å²) in [5.41, 5.74) is 2.53. The quantitative estimate of drug-likeness (QED) is 0.772. The van der Waals surface area contributed by atoms with Crippen LogP contribution in [0.2, 0.25) is 0 Å². The fourth-order valence-corrected chi connectivity index (χ4v) is 2.65. The fraction of sp³-hybridized carbons (Fsp3) is 0.263. The van der Waals surface area contributed by atoms with Crippen LogP contribution in [-0.2, 0) is 0 Å². The average Bonchev–Trinajstić information content (AvgIpc) is 3.39. The minimum absolute atomic E-state index is 0.167. The molecule has 1 saturated carbocycles. The number of hydrogen-bond donors (Lipinski definition) is 1. The normalized spacial score (nSPS) is 14.9. The zero-order valence-electron chi connectivity index (χ0n) is 13.8. The first-order valence-electron chi connectivity index (χ1n) is 8.36. The van der Waals surface area contributed by atoms with E-state index < -0.39 is 0 Å². The van der Waals surface area contributed by atoms with Crippen LogP contribution in [0.4, 0.5) is 0 Å². The zero-order chi connectivity index (χ0) is 17.2. The van der Waals surface area contributed by atoms with Gasteiger partial charge in [-0.1, -0.05) is 23.4 Å². The van der Waals surface area contributed by atoms with Crippen LogP contribution in [0.15, 0.2) is 53.2 Å². The zero-order valence-corrected chi connectivity index (χ0v) is 13.8. The van der Waals surface area contributed by atoms with Crippen molar-refractivity contribution in [3.63, 3.8) is 0 Å². The number of nitrogens with one attached hydrogen (secondary N) is 1. The second-order valence-corrected chi connectivity index (χ2v) is 6.26. The van der Waals surface area contributed by atoms with Crippen molar-refractivity contribution >= 4 is 5.91 Å². The Balaban J connectivity index is 1.49. The van der Waals surface area contributed by atoms with Crippen molar-refractivity contribution in [2.75, 3.05) is 0 Å². The van der Waals surface area contributed by atoms with Gasteiger partial charge in [-0.05, 0) is 44.0 Å². The smallest absolute Gasteiger partial charge is 0.258 e. The van der Waals surface area contributed by atoms with E-state index in [1.807, 2.05) is 37.3 Å². The van der Waals surface area contributed by atoms with Gasteiger partial charge in [0.05, 0.1) is 6.04 Å². The van der Waals surface area contributed by atoms with Crippen LogP contribution in [0.5, 0.6) is 0 Å². The molecule has 0 spiro atoms. The molecule has 126 valence electrons. The first-order chi connectivity index (χ1) is 12.2.